The zero-order valence-corrected chi connectivity index (χ0v) is 13.0. The molecule has 8 heteroatoms. The largest absolute Gasteiger partial charge is 0.377 e. The Bertz CT molecular complexity index is 564. The van der Waals surface area contributed by atoms with Crippen molar-refractivity contribution in [1.29, 1.82) is 0 Å². The van der Waals surface area contributed by atoms with Crippen LogP contribution in [-0.2, 0) is 9.47 Å². The molecule has 0 aromatic carbocycles. The summed E-state index contributed by atoms with van der Waals surface area (Å²) in [5.74, 6) is 0.932. The Balaban J connectivity index is 1.25. The van der Waals surface area contributed by atoms with Gasteiger partial charge < -0.3 is 19.7 Å². The Morgan fingerprint density at radius 3 is 3.10 bits per heavy atom. The molecule has 0 spiro atoms. The Hall–Kier alpha value is -0.700. The summed E-state index contributed by atoms with van der Waals surface area (Å²) >= 11 is 3.53. The van der Waals surface area contributed by atoms with Crippen LogP contribution >= 0.6 is 23.5 Å². The summed E-state index contributed by atoms with van der Waals surface area (Å²) < 4.78 is 11.0. The molecule has 2 fully saturated rings. The van der Waals surface area contributed by atoms with Gasteiger partial charge in [0, 0.05) is 11.4 Å². The molecule has 21 heavy (non-hydrogen) atoms. The van der Waals surface area contributed by atoms with Gasteiger partial charge in [0.05, 0.1) is 50.6 Å². The summed E-state index contributed by atoms with van der Waals surface area (Å²) in [4.78, 5) is 11.8. The van der Waals surface area contributed by atoms with Crippen molar-refractivity contribution in [2.24, 2.45) is 9.98 Å². The molecule has 0 bridgehead atoms. The quantitative estimate of drug-likeness (QED) is 0.797. The van der Waals surface area contributed by atoms with Gasteiger partial charge in [0.25, 0.3) is 0 Å². The number of hydrogen-bond donors (Lipinski definition) is 1. The second-order valence-corrected chi connectivity index (χ2v) is 7.56. The van der Waals surface area contributed by atoms with Crippen LogP contribution < -0.4 is 5.32 Å². The topological polar surface area (TPSA) is 58.5 Å². The van der Waals surface area contributed by atoms with E-state index < -0.39 is 0 Å². The van der Waals surface area contributed by atoms with E-state index in [-0.39, 0.29) is 0 Å². The van der Waals surface area contributed by atoms with Gasteiger partial charge in [-0.25, -0.2) is 0 Å². The van der Waals surface area contributed by atoms with Crippen LogP contribution in [0.15, 0.2) is 21.1 Å². The first kappa shape index (κ1) is 12.8. The smallest absolute Gasteiger partial charge is 0.168 e. The zero-order valence-electron chi connectivity index (χ0n) is 11.4. The lowest BCUT2D eigenvalue weighted by atomic mass is 10.2. The molecular formula is C13H16N4O2S2. The van der Waals surface area contributed by atoms with E-state index in [2.05, 4.69) is 15.6 Å². The number of amidine groups is 2. The van der Waals surface area contributed by atoms with E-state index in [1.54, 1.807) is 23.5 Å². The van der Waals surface area contributed by atoms with Gasteiger partial charge in [-0.05, 0) is 5.41 Å². The van der Waals surface area contributed by atoms with E-state index in [1.807, 2.05) is 0 Å². The molecule has 0 radical (unpaired) electrons. The first-order chi connectivity index (χ1) is 10.4. The fraction of sp³-hybridized carbons (Fsp3) is 0.692. The van der Waals surface area contributed by atoms with Gasteiger partial charge in [-0.1, -0.05) is 23.5 Å². The molecule has 5 rings (SSSR count). The maximum Gasteiger partial charge on any atom is 0.168 e. The van der Waals surface area contributed by atoms with Crippen molar-refractivity contribution in [1.82, 2.24) is 10.2 Å². The van der Waals surface area contributed by atoms with E-state index in [9.17, 15) is 0 Å². The van der Waals surface area contributed by atoms with Crippen molar-refractivity contribution in [3.05, 3.63) is 11.1 Å². The lowest BCUT2D eigenvalue weighted by Gasteiger charge is -2.23. The number of rotatable bonds is 2. The molecule has 2 saturated heterocycles. The second kappa shape index (κ2) is 4.91. The van der Waals surface area contributed by atoms with Gasteiger partial charge in [0.2, 0.25) is 0 Å². The summed E-state index contributed by atoms with van der Waals surface area (Å²) in [5, 5.41) is 7.89. The lowest BCUT2D eigenvalue weighted by Crippen LogP contribution is -2.37. The van der Waals surface area contributed by atoms with Crippen LogP contribution in [0.25, 0.3) is 0 Å². The molecule has 1 N–H and O–H groups in total. The molecule has 0 amide bonds. The van der Waals surface area contributed by atoms with Crippen LogP contribution in [0.4, 0.5) is 0 Å². The van der Waals surface area contributed by atoms with Crippen LogP contribution in [0.2, 0.25) is 0 Å². The SMILES string of the molecule is C1=C(CSC2=NC3COCC3N2)N2C(=NC3COCC32)S1. The highest BCUT2D eigenvalue weighted by molar-refractivity contribution is 8.17. The van der Waals surface area contributed by atoms with Crippen molar-refractivity contribution >= 4 is 33.9 Å². The minimum absolute atomic E-state index is 0.316. The van der Waals surface area contributed by atoms with E-state index >= 15 is 0 Å². The molecule has 0 aromatic rings. The summed E-state index contributed by atoms with van der Waals surface area (Å²) in [6, 6.07) is 1.44. The maximum atomic E-state index is 5.55. The van der Waals surface area contributed by atoms with Crippen molar-refractivity contribution < 1.29 is 9.47 Å². The molecule has 5 aliphatic heterocycles. The number of nitrogens with one attached hydrogen (secondary N) is 1. The lowest BCUT2D eigenvalue weighted by molar-refractivity contribution is 0.178. The minimum atomic E-state index is 0.316. The third-order valence-electron chi connectivity index (χ3n) is 4.44. The van der Waals surface area contributed by atoms with Gasteiger partial charge in [-0.15, -0.1) is 0 Å². The fourth-order valence-electron chi connectivity index (χ4n) is 3.33. The first-order valence-electron chi connectivity index (χ1n) is 7.24. The zero-order chi connectivity index (χ0) is 13.8. The predicted octanol–water partition coefficient (Wildman–Crippen LogP) is 0.473. The van der Waals surface area contributed by atoms with Gasteiger partial charge in [0.15, 0.2) is 10.3 Å². The number of aliphatic imine (C=N–C) groups is 2. The third-order valence-corrected chi connectivity index (χ3v) is 6.28. The Morgan fingerprint density at radius 1 is 1.24 bits per heavy atom. The van der Waals surface area contributed by atoms with E-state index in [4.69, 9.17) is 19.5 Å². The van der Waals surface area contributed by atoms with Gasteiger partial charge >= 0.3 is 0 Å². The Kier molecular flexibility index (Phi) is 2.99. The highest BCUT2D eigenvalue weighted by Gasteiger charge is 2.44. The van der Waals surface area contributed by atoms with Crippen LogP contribution in [-0.4, -0.2) is 71.6 Å². The number of nitrogens with zero attached hydrogens (tertiary/aromatic N) is 3. The summed E-state index contributed by atoms with van der Waals surface area (Å²) in [5.41, 5.74) is 1.33. The molecule has 0 aromatic heterocycles. The molecular weight excluding hydrogens is 308 g/mol. The van der Waals surface area contributed by atoms with E-state index in [0.29, 0.717) is 24.2 Å². The molecule has 6 nitrogen and oxygen atoms in total. The van der Waals surface area contributed by atoms with Crippen molar-refractivity contribution in [2.75, 3.05) is 32.2 Å². The molecule has 112 valence electrons. The van der Waals surface area contributed by atoms with Gasteiger partial charge in [0.1, 0.15) is 0 Å². The molecule has 5 aliphatic rings. The van der Waals surface area contributed by atoms with E-state index in [0.717, 1.165) is 42.5 Å². The summed E-state index contributed by atoms with van der Waals surface area (Å²) in [6.45, 7) is 3.09. The molecule has 4 unspecified atom stereocenters. The van der Waals surface area contributed by atoms with Crippen LogP contribution in [0.1, 0.15) is 0 Å². The fourth-order valence-corrected chi connectivity index (χ4v) is 5.39. The highest BCUT2D eigenvalue weighted by Crippen LogP contribution is 2.38. The second-order valence-electron chi connectivity index (χ2n) is 5.76. The standard InChI is InChI=1S/C13H16N4O2S2/c1-8-9(2-18-1)15-12(14-8)20-5-7-6-21-13-16-10-3-19-4-11(10)17(7)13/h6,8-11H,1-5H2,(H,14,15). The predicted molar refractivity (Wildman–Crippen MR) is 84.8 cm³/mol. The molecule has 0 aliphatic carbocycles. The maximum absolute atomic E-state index is 5.55. The molecule has 5 heterocycles. The van der Waals surface area contributed by atoms with Crippen molar-refractivity contribution in [2.45, 2.75) is 24.2 Å². The van der Waals surface area contributed by atoms with Crippen LogP contribution in [0, 0.1) is 0 Å². The normalized spacial score (nSPS) is 39.6. The Morgan fingerprint density at radius 2 is 2.14 bits per heavy atom. The number of hydrogen-bond acceptors (Lipinski definition) is 8. The summed E-state index contributed by atoms with van der Waals surface area (Å²) in [6.07, 6.45) is 0. The molecule has 0 saturated carbocycles. The van der Waals surface area contributed by atoms with Crippen molar-refractivity contribution in [3.63, 3.8) is 0 Å². The number of thioether (sulfide) groups is 2. The van der Waals surface area contributed by atoms with Gasteiger partial charge in [-0.3, -0.25) is 9.98 Å². The monoisotopic (exact) mass is 324 g/mol. The Labute approximate surface area is 131 Å². The van der Waals surface area contributed by atoms with Crippen molar-refractivity contribution in [3.8, 4) is 0 Å². The third kappa shape index (κ3) is 2.03. The molecule has 4 atom stereocenters. The van der Waals surface area contributed by atoms with Gasteiger partial charge in [-0.2, -0.15) is 0 Å². The van der Waals surface area contributed by atoms with Crippen LogP contribution in [0.3, 0.4) is 0 Å². The number of ether oxygens (including phenoxy) is 2. The minimum Gasteiger partial charge on any atom is -0.377 e. The highest BCUT2D eigenvalue weighted by atomic mass is 32.2. The summed E-state index contributed by atoms with van der Waals surface area (Å²) in [7, 11) is 0. The average molecular weight is 324 g/mol. The van der Waals surface area contributed by atoms with E-state index in [1.165, 1.54) is 5.70 Å². The van der Waals surface area contributed by atoms with Crippen LogP contribution in [0.5, 0.6) is 0 Å². The number of fused-ring (bicyclic) bond motifs is 4. The average Bonchev–Trinajstić information content (AvgIpc) is 3.20. The first-order valence-corrected chi connectivity index (χ1v) is 9.10.